The van der Waals surface area contributed by atoms with Gasteiger partial charge in [0.25, 0.3) is 0 Å². The molecule has 2 saturated heterocycles. The van der Waals surface area contributed by atoms with Gasteiger partial charge in [0.15, 0.2) is 0 Å². The zero-order chi connectivity index (χ0) is 22.7. The third-order valence-electron chi connectivity index (χ3n) is 6.48. The minimum Gasteiger partial charge on any atom is -0.488 e. The third kappa shape index (κ3) is 4.80. The van der Waals surface area contributed by atoms with E-state index < -0.39 is 6.04 Å². The number of morpholine rings is 1. The highest BCUT2D eigenvalue weighted by Gasteiger charge is 2.42. The van der Waals surface area contributed by atoms with Gasteiger partial charge in [-0.1, -0.05) is 18.2 Å². The van der Waals surface area contributed by atoms with Gasteiger partial charge in [-0.05, 0) is 38.0 Å². The molecule has 0 radical (unpaired) electrons. The van der Waals surface area contributed by atoms with E-state index in [9.17, 15) is 9.59 Å². The van der Waals surface area contributed by atoms with Crippen molar-refractivity contribution in [1.82, 2.24) is 19.6 Å². The SMILES string of the molecule is Cc1nn(C)c(C)c1CCC(=O)N1C[C@@H](Oc2ccccc2)C[C@H]1C(=O)N1CCOCC1. The maximum atomic E-state index is 13.3. The summed E-state index contributed by atoms with van der Waals surface area (Å²) in [5, 5.41) is 4.45. The summed E-state index contributed by atoms with van der Waals surface area (Å²) in [6, 6.07) is 9.08. The number of aryl methyl sites for hydroxylation is 2. The van der Waals surface area contributed by atoms with E-state index in [2.05, 4.69) is 5.10 Å². The standard InChI is InChI=1S/C24H32N4O4/c1-17-21(18(2)26(3)25-17)9-10-23(29)28-16-20(32-19-7-5-4-6-8-19)15-22(28)24(30)27-11-13-31-14-12-27/h4-8,20,22H,9-16H2,1-3H3/t20-,22-/m0/s1. The second kappa shape index (κ2) is 9.73. The molecule has 1 aromatic carbocycles. The van der Waals surface area contributed by atoms with Gasteiger partial charge >= 0.3 is 0 Å². The van der Waals surface area contributed by atoms with Crippen LogP contribution in [0.2, 0.25) is 0 Å². The van der Waals surface area contributed by atoms with Gasteiger partial charge in [0.1, 0.15) is 17.9 Å². The fourth-order valence-corrected chi connectivity index (χ4v) is 4.63. The number of hydrogen-bond acceptors (Lipinski definition) is 5. The molecule has 2 atom stereocenters. The second-order valence-corrected chi connectivity index (χ2v) is 8.56. The Bertz CT molecular complexity index is 952. The smallest absolute Gasteiger partial charge is 0.245 e. The summed E-state index contributed by atoms with van der Waals surface area (Å²) < 4.78 is 13.4. The summed E-state index contributed by atoms with van der Waals surface area (Å²) in [6.07, 6.45) is 1.25. The molecule has 32 heavy (non-hydrogen) atoms. The van der Waals surface area contributed by atoms with Crippen LogP contribution in [0.5, 0.6) is 5.75 Å². The number of carbonyl (C=O) groups is 2. The zero-order valence-electron chi connectivity index (χ0n) is 19.1. The van der Waals surface area contributed by atoms with Crippen LogP contribution in [0.25, 0.3) is 0 Å². The first kappa shape index (κ1) is 22.3. The van der Waals surface area contributed by atoms with Crippen molar-refractivity contribution in [1.29, 1.82) is 0 Å². The van der Waals surface area contributed by atoms with Gasteiger partial charge in [0.2, 0.25) is 11.8 Å². The van der Waals surface area contributed by atoms with E-state index in [1.807, 2.05) is 60.8 Å². The van der Waals surface area contributed by atoms with Crippen molar-refractivity contribution in [3.05, 3.63) is 47.3 Å². The monoisotopic (exact) mass is 440 g/mol. The van der Waals surface area contributed by atoms with Gasteiger partial charge in [-0.25, -0.2) is 0 Å². The minimum absolute atomic E-state index is 0.00505. The minimum atomic E-state index is -0.495. The Hall–Kier alpha value is -2.87. The Balaban J connectivity index is 1.47. The summed E-state index contributed by atoms with van der Waals surface area (Å²) in [5.41, 5.74) is 3.13. The average molecular weight is 441 g/mol. The Labute approximate surface area is 189 Å². The zero-order valence-corrected chi connectivity index (χ0v) is 19.1. The van der Waals surface area contributed by atoms with E-state index in [0.717, 1.165) is 22.7 Å². The van der Waals surface area contributed by atoms with E-state index in [1.165, 1.54) is 0 Å². The van der Waals surface area contributed by atoms with E-state index >= 15 is 0 Å². The maximum absolute atomic E-state index is 13.3. The Morgan fingerprint density at radius 1 is 1.16 bits per heavy atom. The lowest BCUT2D eigenvalue weighted by molar-refractivity contribution is -0.146. The molecule has 2 aromatic rings. The first-order valence-electron chi connectivity index (χ1n) is 11.3. The number of para-hydroxylation sites is 1. The normalized spacial score (nSPS) is 21.1. The van der Waals surface area contributed by atoms with Crippen molar-refractivity contribution in [2.45, 2.75) is 45.3 Å². The second-order valence-electron chi connectivity index (χ2n) is 8.56. The third-order valence-corrected chi connectivity index (χ3v) is 6.48. The molecule has 0 unspecified atom stereocenters. The molecule has 4 rings (SSSR count). The molecule has 8 nitrogen and oxygen atoms in total. The van der Waals surface area contributed by atoms with Gasteiger partial charge in [0.05, 0.1) is 25.5 Å². The quantitative estimate of drug-likeness (QED) is 0.686. The van der Waals surface area contributed by atoms with Crippen LogP contribution in [0, 0.1) is 13.8 Å². The van der Waals surface area contributed by atoms with Crippen molar-refractivity contribution in [2.24, 2.45) is 7.05 Å². The molecule has 0 bridgehead atoms. The lowest BCUT2D eigenvalue weighted by atomic mass is 10.1. The molecule has 8 heteroatoms. The van der Waals surface area contributed by atoms with Crippen LogP contribution < -0.4 is 4.74 Å². The predicted octanol–water partition coefficient (Wildman–Crippen LogP) is 1.88. The Morgan fingerprint density at radius 2 is 1.88 bits per heavy atom. The van der Waals surface area contributed by atoms with Gasteiger partial charge in [-0.3, -0.25) is 14.3 Å². The highest BCUT2D eigenvalue weighted by Crippen LogP contribution is 2.26. The van der Waals surface area contributed by atoms with E-state index in [0.29, 0.717) is 52.1 Å². The molecule has 172 valence electrons. The highest BCUT2D eigenvalue weighted by molar-refractivity contribution is 5.88. The molecule has 2 fully saturated rings. The summed E-state index contributed by atoms with van der Waals surface area (Å²) in [6.45, 7) is 6.61. The summed E-state index contributed by atoms with van der Waals surface area (Å²) in [7, 11) is 1.91. The number of ether oxygens (including phenoxy) is 2. The van der Waals surface area contributed by atoms with Crippen molar-refractivity contribution in [2.75, 3.05) is 32.8 Å². The molecule has 0 spiro atoms. The van der Waals surface area contributed by atoms with Crippen LogP contribution in [0.15, 0.2) is 30.3 Å². The molecule has 3 heterocycles. The van der Waals surface area contributed by atoms with Crippen LogP contribution in [-0.4, -0.2) is 76.4 Å². The van der Waals surface area contributed by atoms with Gasteiger partial charge < -0.3 is 19.3 Å². The number of aromatic nitrogens is 2. The van der Waals surface area contributed by atoms with Crippen molar-refractivity contribution >= 4 is 11.8 Å². The average Bonchev–Trinajstić information content (AvgIpc) is 3.33. The fraction of sp³-hybridized carbons (Fsp3) is 0.542. The molecular formula is C24H32N4O4. The van der Waals surface area contributed by atoms with Crippen LogP contribution in [0.1, 0.15) is 29.8 Å². The highest BCUT2D eigenvalue weighted by atomic mass is 16.5. The van der Waals surface area contributed by atoms with E-state index in [-0.39, 0.29) is 17.9 Å². The fourth-order valence-electron chi connectivity index (χ4n) is 4.63. The summed E-state index contributed by atoms with van der Waals surface area (Å²) in [5.74, 6) is 0.735. The molecule has 0 N–H and O–H groups in total. The lowest BCUT2D eigenvalue weighted by Crippen LogP contribution is -2.51. The molecule has 2 aliphatic heterocycles. The van der Waals surface area contributed by atoms with Gasteiger partial charge in [0, 0.05) is 38.7 Å². The van der Waals surface area contributed by atoms with Crippen LogP contribution in [0.4, 0.5) is 0 Å². The molecule has 1 aromatic heterocycles. The number of amides is 2. The molecule has 0 saturated carbocycles. The van der Waals surface area contributed by atoms with Crippen LogP contribution >= 0.6 is 0 Å². The number of rotatable bonds is 6. The van der Waals surface area contributed by atoms with E-state index in [4.69, 9.17) is 9.47 Å². The lowest BCUT2D eigenvalue weighted by Gasteiger charge is -2.32. The van der Waals surface area contributed by atoms with Gasteiger partial charge in [-0.15, -0.1) is 0 Å². The summed E-state index contributed by atoms with van der Waals surface area (Å²) in [4.78, 5) is 30.1. The van der Waals surface area contributed by atoms with E-state index in [1.54, 1.807) is 4.90 Å². The molecule has 2 aliphatic rings. The van der Waals surface area contributed by atoms with Crippen LogP contribution in [-0.2, 0) is 27.8 Å². The van der Waals surface area contributed by atoms with Crippen molar-refractivity contribution in [3.63, 3.8) is 0 Å². The van der Waals surface area contributed by atoms with Crippen LogP contribution in [0.3, 0.4) is 0 Å². The predicted molar refractivity (Wildman–Crippen MR) is 119 cm³/mol. The van der Waals surface area contributed by atoms with Crippen molar-refractivity contribution in [3.8, 4) is 5.75 Å². The topological polar surface area (TPSA) is 76.9 Å². The molecule has 2 amide bonds. The summed E-state index contributed by atoms with van der Waals surface area (Å²) >= 11 is 0. The largest absolute Gasteiger partial charge is 0.488 e. The number of nitrogens with zero attached hydrogens (tertiary/aromatic N) is 4. The Kier molecular flexibility index (Phi) is 6.79. The molecule has 0 aliphatic carbocycles. The number of hydrogen-bond donors (Lipinski definition) is 0. The first-order chi connectivity index (χ1) is 15.4. The Morgan fingerprint density at radius 3 is 2.53 bits per heavy atom. The number of benzene rings is 1. The molecular weight excluding hydrogens is 408 g/mol. The van der Waals surface area contributed by atoms with Crippen molar-refractivity contribution < 1.29 is 19.1 Å². The number of likely N-dealkylation sites (tertiary alicyclic amines) is 1. The number of carbonyl (C=O) groups excluding carboxylic acids is 2. The van der Waals surface area contributed by atoms with Gasteiger partial charge in [-0.2, -0.15) is 5.10 Å². The maximum Gasteiger partial charge on any atom is 0.245 e. The first-order valence-corrected chi connectivity index (χ1v) is 11.3.